The van der Waals surface area contributed by atoms with Gasteiger partial charge in [-0.05, 0) is 30.2 Å². The number of hydrogen-bond donors (Lipinski definition) is 2. The Labute approximate surface area is 107 Å². The van der Waals surface area contributed by atoms with E-state index in [1.165, 1.54) is 11.3 Å². The third-order valence-corrected chi connectivity index (χ3v) is 3.71. The van der Waals surface area contributed by atoms with Crippen molar-refractivity contribution < 1.29 is 4.79 Å². The van der Waals surface area contributed by atoms with Gasteiger partial charge in [0.1, 0.15) is 0 Å². The molecule has 1 aromatic carbocycles. The minimum absolute atomic E-state index is 0.242. The van der Waals surface area contributed by atoms with Gasteiger partial charge in [0.25, 0.3) is 0 Å². The summed E-state index contributed by atoms with van der Waals surface area (Å²) in [6, 6.07) is 6.04. The highest BCUT2D eigenvalue weighted by atomic mass is 16.1. The van der Waals surface area contributed by atoms with Crippen LogP contribution < -0.4 is 10.6 Å². The molecule has 4 nitrogen and oxygen atoms in total. The maximum Gasteiger partial charge on any atom is 0.176 e. The first-order valence-electron chi connectivity index (χ1n) is 6.66. The van der Waals surface area contributed by atoms with Crippen LogP contribution in [-0.2, 0) is 6.42 Å². The van der Waals surface area contributed by atoms with E-state index in [2.05, 4.69) is 21.6 Å². The summed E-state index contributed by atoms with van der Waals surface area (Å²) < 4.78 is 0. The molecule has 0 aromatic heterocycles. The molecule has 18 heavy (non-hydrogen) atoms. The van der Waals surface area contributed by atoms with Crippen LogP contribution in [0.1, 0.15) is 15.9 Å². The number of anilines is 1. The van der Waals surface area contributed by atoms with Crippen LogP contribution in [-0.4, -0.2) is 50.0 Å². The largest absolute Gasteiger partial charge is 0.384 e. The lowest BCUT2D eigenvalue weighted by atomic mass is 10.0. The quantitative estimate of drug-likeness (QED) is 0.771. The van der Waals surface area contributed by atoms with Gasteiger partial charge in [0.05, 0.1) is 6.54 Å². The number of fused-ring (bicyclic) bond motifs is 1. The van der Waals surface area contributed by atoms with E-state index in [1.54, 1.807) is 0 Å². The second-order valence-electron chi connectivity index (χ2n) is 5.00. The summed E-state index contributed by atoms with van der Waals surface area (Å²) in [7, 11) is 0. The van der Waals surface area contributed by atoms with Crippen molar-refractivity contribution in [2.75, 3.05) is 44.6 Å². The summed E-state index contributed by atoms with van der Waals surface area (Å²) in [5.74, 6) is 0.242. The minimum atomic E-state index is 0.242. The third kappa shape index (κ3) is 2.40. The van der Waals surface area contributed by atoms with E-state index >= 15 is 0 Å². The van der Waals surface area contributed by atoms with Crippen LogP contribution in [0.15, 0.2) is 18.2 Å². The zero-order valence-corrected chi connectivity index (χ0v) is 10.5. The Kier molecular flexibility index (Phi) is 3.30. The fourth-order valence-corrected chi connectivity index (χ4v) is 2.64. The number of ketones is 1. The topological polar surface area (TPSA) is 44.4 Å². The third-order valence-electron chi connectivity index (χ3n) is 3.71. The first-order chi connectivity index (χ1) is 8.83. The average Bonchev–Trinajstić information content (AvgIpc) is 2.87. The number of hydrogen-bond acceptors (Lipinski definition) is 4. The normalized spacial score (nSPS) is 19.3. The zero-order chi connectivity index (χ0) is 12.4. The minimum Gasteiger partial charge on any atom is -0.384 e. The standard InChI is InChI=1S/C14H19N3O/c18-14(10-17-7-5-15-6-8-17)12-1-2-13-11(9-12)3-4-16-13/h1-2,9,15-16H,3-8,10H2. The van der Waals surface area contributed by atoms with Crippen LogP contribution in [0.25, 0.3) is 0 Å². The molecule has 1 saturated heterocycles. The Bertz CT molecular complexity index is 452. The number of piperazine rings is 1. The molecule has 4 heteroatoms. The lowest BCUT2D eigenvalue weighted by molar-refractivity contribution is 0.0921. The van der Waals surface area contributed by atoms with Crippen molar-refractivity contribution in [1.29, 1.82) is 0 Å². The molecule has 1 aromatic rings. The number of rotatable bonds is 3. The predicted octanol–water partition coefficient (Wildman–Crippen LogP) is 0.742. The second kappa shape index (κ2) is 5.08. The molecule has 3 rings (SSSR count). The molecule has 2 heterocycles. The molecule has 0 radical (unpaired) electrons. The van der Waals surface area contributed by atoms with E-state index in [0.717, 1.165) is 44.7 Å². The average molecular weight is 245 g/mol. The van der Waals surface area contributed by atoms with Gasteiger partial charge in [-0.3, -0.25) is 9.69 Å². The smallest absolute Gasteiger partial charge is 0.176 e. The summed E-state index contributed by atoms with van der Waals surface area (Å²) in [5.41, 5.74) is 3.32. The number of Topliss-reactive ketones (excluding diaryl/α,β-unsaturated/α-hetero) is 1. The molecule has 2 aliphatic rings. The molecule has 2 N–H and O–H groups in total. The molecular formula is C14H19N3O. The number of carbonyl (C=O) groups excluding carboxylic acids is 1. The van der Waals surface area contributed by atoms with Gasteiger partial charge in [0.15, 0.2) is 5.78 Å². The molecule has 0 amide bonds. The number of nitrogens with zero attached hydrogens (tertiary/aromatic N) is 1. The summed E-state index contributed by atoms with van der Waals surface area (Å²) >= 11 is 0. The highest BCUT2D eigenvalue weighted by Crippen LogP contribution is 2.23. The van der Waals surface area contributed by atoms with Gasteiger partial charge < -0.3 is 10.6 Å². The SMILES string of the molecule is O=C(CN1CCNCC1)c1ccc2c(c1)CCN2. The molecule has 1 fully saturated rings. The molecule has 0 aliphatic carbocycles. The lowest BCUT2D eigenvalue weighted by Crippen LogP contribution is -2.45. The predicted molar refractivity (Wildman–Crippen MR) is 72.3 cm³/mol. The van der Waals surface area contributed by atoms with Gasteiger partial charge in [-0.2, -0.15) is 0 Å². The van der Waals surface area contributed by atoms with Crippen molar-refractivity contribution in [2.45, 2.75) is 6.42 Å². The number of nitrogens with one attached hydrogen (secondary N) is 2. The fourth-order valence-electron chi connectivity index (χ4n) is 2.64. The van der Waals surface area contributed by atoms with Crippen molar-refractivity contribution in [1.82, 2.24) is 10.2 Å². The van der Waals surface area contributed by atoms with Crippen LogP contribution in [0.5, 0.6) is 0 Å². The number of carbonyl (C=O) groups is 1. The Morgan fingerprint density at radius 1 is 1.22 bits per heavy atom. The van der Waals surface area contributed by atoms with Gasteiger partial charge in [0.2, 0.25) is 0 Å². The van der Waals surface area contributed by atoms with Crippen LogP contribution in [0.2, 0.25) is 0 Å². The molecule has 0 bridgehead atoms. The van der Waals surface area contributed by atoms with Crippen molar-refractivity contribution in [3.8, 4) is 0 Å². The summed E-state index contributed by atoms with van der Waals surface area (Å²) in [5, 5.41) is 6.62. The monoisotopic (exact) mass is 245 g/mol. The van der Waals surface area contributed by atoms with Gasteiger partial charge >= 0.3 is 0 Å². The van der Waals surface area contributed by atoms with Crippen LogP contribution >= 0.6 is 0 Å². The fraction of sp³-hybridized carbons (Fsp3) is 0.500. The molecular weight excluding hydrogens is 226 g/mol. The highest BCUT2D eigenvalue weighted by molar-refractivity contribution is 5.98. The summed E-state index contributed by atoms with van der Waals surface area (Å²) in [6.45, 7) is 5.46. The van der Waals surface area contributed by atoms with Crippen molar-refractivity contribution in [3.63, 3.8) is 0 Å². The van der Waals surface area contributed by atoms with Crippen LogP contribution in [0, 0.1) is 0 Å². The molecule has 0 atom stereocenters. The molecule has 96 valence electrons. The van der Waals surface area contributed by atoms with Crippen molar-refractivity contribution >= 4 is 11.5 Å². The van der Waals surface area contributed by atoms with Crippen molar-refractivity contribution in [2.24, 2.45) is 0 Å². The molecule has 0 unspecified atom stereocenters. The Morgan fingerprint density at radius 2 is 2.06 bits per heavy atom. The van der Waals surface area contributed by atoms with E-state index in [9.17, 15) is 4.79 Å². The van der Waals surface area contributed by atoms with Crippen LogP contribution in [0.4, 0.5) is 5.69 Å². The maximum atomic E-state index is 12.2. The van der Waals surface area contributed by atoms with E-state index in [4.69, 9.17) is 0 Å². The zero-order valence-electron chi connectivity index (χ0n) is 10.5. The van der Waals surface area contributed by atoms with Gasteiger partial charge in [0, 0.05) is 44.0 Å². The van der Waals surface area contributed by atoms with Crippen LogP contribution in [0.3, 0.4) is 0 Å². The second-order valence-corrected chi connectivity index (χ2v) is 5.00. The Balaban J connectivity index is 1.68. The van der Waals surface area contributed by atoms with Crippen molar-refractivity contribution in [3.05, 3.63) is 29.3 Å². The Morgan fingerprint density at radius 3 is 2.89 bits per heavy atom. The van der Waals surface area contributed by atoms with E-state index in [0.29, 0.717) is 6.54 Å². The van der Waals surface area contributed by atoms with Gasteiger partial charge in [-0.25, -0.2) is 0 Å². The molecule has 2 aliphatic heterocycles. The summed E-state index contributed by atoms with van der Waals surface area (Å²) in [6.07, 6.45) is 1.03. The lowest BCUT2D eigenvalue weighted by Gasteiger charge is -2.26. The maximum absolute atomic E-state index is 12.2. The van der Waals surface area contributed by atoms with Gasteiger partial charge in [-0.1, -0.05) is 0 Å². The van der Waals surface area contributed by atoms with E-state index < -0.39 is 0 Å². The summed E-state index contributed by atoms with van der Waals surface area (Å²) in [4.78, 5) is 14.5. The van der Waals surface area contributed by atoms with E-state index in [1.807, 2.05) is 12.1 Å². The highest BCUT2D eigenvalue weighted by Gasteiger charge is 2.17. The van der Waals surface area contributed by atoms with Gasteiger partial charge in [-0.15, -0.1) is 0 Å². The first kappa shape index (κ1) is 11.7. The molecule has 0 saturated carbocycles. The first-order valence-corrected chi connectivity index (χ1v) is 6.66. The number of benzene rings is 1. The molecule has 0 spiro atoms. The van der Waals surface area contributed by atoms with E-state index in [-0.39, 0.29) is 5.78 Å². The Hall–Kier alpha value is -1.39.